The normalized spacial score (nSPS) is 21.2. The van der Waals surface area contributed by atoms with Crippen LogP contribution in [0, 0.1) is 0 Å². The first-order valence-corrected chi connectivity index (χ1v) is 5.25. The smallest absolute Gasteiger partial charge is 0.0474 e. The summed E-state index contributed by atoms with van der Waals surface area (Å²) in [6.07, 6.45) is 3.25. The van der Waals surface area contributed by atoms with Gasteiger partial charge in [0.05, 0.1) is 0 Å². The third-order valence-corrected chi connectivity index (χ3v) is 3.00. The van der Waals surface area contributed by atoms with Gasteiger partial charge in [-0.15, -0.1) is 11.6 Å². The first-order chi connectivity index (χ1) is 6.29. The molecule has 0 saturated carbocycles. The molecule has 70 valence electrons. The molecule has 1 nitrogen and oxygen atoms in total. The second kappa shape index (κ2) is 3.69. The standard InChI is InChI=1S/C11H14ClN/c12-7-8-1-2-10-6-11(13)4-3-9(10)5-8/h1-2,5,11H,3-4,6-7,13H2/t11-/m0/s1. The topological polar surface area (TPSA) is 26.0 Å². The molecule has 0 aromatic heterocycles. The maximum atomic E-state index is 5.89. The van der Waals surface area contributed by atoms with E-state index in [1.165, 1.54) is 16.7 Å². The van der Waals surface area contributed by atoms with Gasteiger partial charge in [-0.1, -0.05) is 18.2 Å². The van der Waals surface area contributed by atoms with Crippen LogP contribution in [0.4, 0.5) is 0 Å². The van der Waals surface area contributed by atoms with Crippen molar-refractivity contribution in [2.75, 3.05) is 0 Å². The zero-order valence-electron chi connectivity index (χ0n) is 7.59. The van der Waals surface area contributed by atoms with Gasteiger partial charge in [-0.25, -0.2) is 0 Å². The molecule has 0 spiro atoms. The summed E-state index contributed by atoms with van der Waals surface area (Å²) in [6, 6.07) is 6.85. The summed E-state index contributed by atoms with van der Waals surface area (Å²) < 4.78 is 0. The Morgan fingerprint density at radius 1 is 1.38 bits per heavy atom. The van der Waals surface area contributed by atoms with E-state index in [9.17, 15) is 0 Å². The van der Waals surface area contributed by atoms with Gasteiger partial charge < -0.3 is 5.73 Å². The van der Waals surface area contributed by atoms with Crippen molar-refractivity contribution >= 4 is 11.6 Å². The largest absolute Gasteiger partial charge is 0.327 e. The maximum absolute atomic E-state index is 5.89. The van der Waals surface area contributed by atoms with E-state index in [-0.39, 0.29) is 0 Å². The van der Waals surface area contributed by atoms with E-state index in [1.807, 2.05) is 0 Å². The fourth-order valence-corrected chi connectivity index (χ4v) is 2.09. The van der Waals surface area contributed by atoms with E-state index in [4.69, 9.17) is 17.3 Å². The lowest BCUT2D eigenvalue weighted by atomic mass is 9.88. The van der Waals surface area contributed by atoms with Crippen LogP contribution >= 0.6 is 11.6 Å². The van der Waals surface area contributed by atoms with Crippen molar-refractivity contribution < 1.29 is 0 Å². The molecule has 1 atom stereocenters. The Morgan fingerprint density at radius 3 is 3.00 bits per heavy atom. The van der Waals surface area contributed by atoms with Crippen molar-refractivity contribution in [3.8, 4) is 0 Å². The average Bonchev–Trinajstić information content (AvgIpc) is 2.17. The van der Waals surface area contributed by atoms with Crippen molar-refractivity contribution in [2.45, 2.75) is 31.2 Å². The zero-order valence-corrected chi connectivity index (χ0v) is 8.35. The molecule has 1 aliphatic carbocycles. The van der Waals surface area contributed by atoms with E-state index in [0.29, 0.717) is 11.9 Å². The Hall–Kier alpha value is -0.530. The summed E-state index contributed by atoms with van der Waals surface area (Å²) >= 11 is 5.77. The molecule has 0 amide bonds. The van der Waals surface area contributed by atoms with Gasteiger partial charge in [0.15, 0.2) is 0 Å². The van der Waals surface area contributed by atoms with Crippen LogP contribution < -0.4 is 5.73 Å². The van der Waals surface area contributed by atoms with Crippen molar-refractivity contribution in [3.63, 3.8) is 0 Å². The zero-order chi connectivity index (χ0) is 9.26. The summed E-state index contributed by atoms with van der Waals surface area (Å²) in [5, 5.41) is 0. The number of halogens is 1. The summed E-state index contributed by atoms with van der Waals surface area (Å²) in [5.74, 6) is 0.610. The molecule has 1 aromatic carbocycles. The molecule has 0 fully saturated rings. The fraction of sp³-hybridized carbons (Fsp3) is 0.455. The molecule has 2 N–H and O–H groups in total. The first-order valence-electron chi connectivity index (χ1n) is 4.72. The van der Waals surface area contributed by atoms with Crippen molar-refractivity contribution in [1.82, 2.24) is 0 Å². The highest BCUT2D eigenvalue weighted by molar-refractivity contribution is 6.17. The summed E-state index contributed by atoms with van der Waals surface area (Å²) in [5.41, 5.74) is 9.97. The Kier molecular flexibility index (Phi) is 2.56. The lowest BCUT2D eigenvalue weighted by Crippen LogP contribution is -2.27. The van der Waals surface area contributed by atoms with Gasteiger partial charge in [0, 0.05) is 11.9 Å². The van der Waals surface area contributed by atoms with Gasteiger partial charge in [-0.05, 0) is 36.0 Å². The number of nitrogens with two attached hydrogens (primary N) is 1. The molecule has 2 rings (SSSR count). The molecular weight excluding hydrogens is 182 g/mol. The van der Waals surface area contributed by atoms with Crippen LogP contribution in [0.25, 0.3) is 0 Å². The number of aryl methyl sites for hydroxylation is 1. The predicted octanol–water partition coefficient (Wildman–Crippen LogP) is 2.24. The van der Waals surface area contributed by atoms with E-state index >= 15 is 0 Å². The molecule has 0 unspecified atom stereocenters. The highest BCUT2D eigenvalue weighted by Crippen LogP contribution is 2.22. The quantitative estimate of drug-likeness (QED) is 0.684. The highest BCUT2D eigenvalue weighted by atomic mass is 35.5. The molecule has 2 heteroatoms. The van der Waals surface area contributed by atoms with Crippen molar-refractivity contribution in [3.05, 3.63) is 34.9 Å². The SMILES string of the molecule is N[C@H]1CCc2cc(CCl)ccc2C1. The molecule has 0 bridgehead atoms. The van der Waals surface area contributed by atoms with Crippen LogP contribution in [0.2, 0.25) is 0 Å². The third-order valence-electron chi connectivity index (χ3n) is 2.69. The van der Waals surface area contributed by atoms with Crippen LogP contribution in [-0.2, 0) is 18.7 Å². The number of rotatable bonds is 1. The van der Waals surface area contributed by atoms with E-state index in [2.05, 4.69) is 18.2 Å². The molecular formula is C11H14ClN. The molecule has 0 heterocycles. The van der Waals surface area contributed by atoms with Crippen LogP contribution in [0.1, 0.15) is 23.1 Å². The second-order valence-corrected chi connectivity index (χ2v) is 4.01. The van der Waals surface area contributed by atoms with Gasteiger partial charge in [0.2, 0.25) is 0 Å². The minimum Gasteiger partial charge on any atom is -0.327 e. The first kappa shape index (κ1) is 9.04. The second-order valence-electron chi connectivity index (χ2n) is 3.74. The number of hydrogen-bond acceptors (Lipinski definition) is 1. The molecule has 13 heavy (non-hydrogen) atoms. The lowest BCUT2D eigenvalue weighted by molar-refractivity contribution is 0.576. The molecule has 0 aliphatic heterocycles. The minimum absolute atomic E-state index is 0.356. The Bertz CT molecular complexity index is 309. The van der Waals surface area contributed by atoms with Crippen molar-refractivity contribution in [2.24, 2.45) is 5.73 Å². The Labute approximate surface area is 83.9 Å². The number of alkyl halides is 1. The average molecular weight is 196 g/mol. The summed E-state index contributed by atoms with van der Waals surface area (Å²) in [4.78, 5) is 0. The third kappa shape index (κ3) is 1.87. The number of hydrogen-bond donors (Lipinski definition) is 1. The lowest BCUT2D eigenvalue weighted by Gasteiger charge is -2.21. The highest BCUT2D eigenvalue weighted by Gasteiger charge is 2.14. The molecule has 1 aromatic rings. The molecule has 0 radical (unpaired) electrons. The van der Waals surface area contributed by atoms with Gasteiger partial charge in [0.1, 0.15) is 0 Å². The fourth-order valence-electron chi connectivity index (χ4n) is 1.92. The Balaban J connectivity index is 2.31. The van der Waals surface area contributed by atoms with Gasteiger partial charge in [-0.2, -0.15) is 0 Å². The Morgan fingerprint density at radius 2 is 2.23 bits per heavy atom. The number of benzene rings is 1. The summed E-state index contributed by atoms with van der Waals surface area (Å²) in [6.45, 7) is 0. The number of fused-ring (bicyclic) bond motifs is 1. The monoisotopic (exact) mass is 195 g/mol. The van der Waals surface area contributed by atoms with Crippen LogP contribution in [0.15, 0.2) is 18.2 Å². The van der Waals surface area contributed by atoms with Crippen LogP contribution in [0.3, 0.4) is 0 Å². The van der Waals surface area contributed by atoms with Crippen LogP contribution in [-0.4, -0.2) is 6.04 Å². The summed E-state index contributed by atoms with van der Waals surface area (Å²) in [7, 11) is 0. The van der Waals surface area contributed by atoms with Gasteiger partial charge in [-0.3, -0.25) is 0 Å². The molecule has 1 aliphatic rings. The van der Waals surface area contributed by atoms with E-state index in [1.54, 1.807) is 0 Å². The van der Waals surface area contributed by atoms with Gasteiger partial charge in [0.25, 0.3) is 0 Å². The van der Waals surface area contributed by atoms with Gasteiger partial charge >= 0.3 is 0 Å². The molecule has 0 saturated heterocycles. The predicted molar refractivity (Wildman–Crippen MR) is 56.0 cm³/mol. The maximum Gasteiger partial charge on any atom is 0.0474 e. The van der Waals surface area contributed by atoms with Crippen LogP contribution in [0.5, 0.6) is 0 Å². The van der Waals surface area contributed by atoms with Crippen molar-refractivity contribution in [1.29, 1.82) is 0 Å². The minimum atomic E-state index is 0.356. The van der Waals surface area contributed by atoms with E-state index < -0.39 is 0 Å². The van der Waals surface area contributed by atoms with E-state index in [0.717, 1.165) is 19.3 Å².